The first-order chi connectivity index (χ1) is 14.0. The molecule has 4 atom stereocenters. The van der Waals surface area contributed by atoms with Gasteiger partial charge in [0.15, 0.2) is 5.82 Å². The number of rotatable bonds is 6. The molecule has 0 radical (unpaired) electrons. The molecule has 1 aliphatic rings. The standard InChI is InChI=1S/C21H24N4O4/c1-3-16-13(2)18(28-11-14-7-5-4-6-8-14)21(29-16,20(26)27)17-10-9-15-19(22)23-12-24-25(15)17/h4-10,12-13,16,18H,3,11H2,1-2H3,(H,26,27)(H2,22,23,24)/t13?,16-,18+,21+/m1/s1. The number of nitrogen functional groups attached to an aromatic ring is 1. The number of aliphatic carboxylic acids is 1. The van der Waals surface area contributed by atoms with Gasteiger partial charge in [0.25, 0.3) is 0 Å². The van der Waals surface area contributed by atoms with Crippen LogP contribution in [-0.4, -0.2) is 37.9 Å². The number of fused-ring (bicyclic) bond motifs is 1. The number of carboxylic acid groups (broad SMARTS) is 1. The Hall–Kier alpha value is -2.97. The maximum absolute atomic E-state index is 12.7. The topological polar surface area (TPSA) is 112 Å². The molecule has 1 unspecified atom stereocenters. The summed E-state index contributed by atoms with van der Waals surface area (Å²) in [7, 11) is 0. The Morgan fingerprint density at radius 3 is 2.76 bits per heavy atom. The van der Waals surface area contributed by atoms with Crippen molar-refractivity contribution in [3.8, 4) is 0 Å². The van der Waals surface area contributed by atoms with Crippen molar-refractivity contribution in [2.24, 2.45) is 5.92 Å². The summed E-state index contributed by atoms with van der Waals surface area (Å²) in [4.78, 5) is 16.7. The van der Waals surface area contributed by atoms with Gasteiger partial charge in [0, 0.05) is 5.92 Å². The van der Waals surface area contributed by atoms with Crippen LogP contribution in [0.4, 0.5) is 5.82 Å². The van der Waals surface area contributed by atoms with E-state index in [1.54, 1.807) is 12.1 Å². The molecule has 29 heavy (non-hydrogen) atoms. The van der Waals surface area contributed by atoms with E-state index in [4.69, 9.17) is 15.2 Å². The summed E-state index contributed by atoms with van der Waals surface area (Å²) >= 11 is 0. The smallest absolute Gasteiger partial charge is 0.345 e. The van der Waals surface area contributed by atoms with Gasteiger partial charge in [-0.15, -0.1) is 0 Å². The van der Waals surface area contributed by atoms with E-state index in [1.165, 1.54) is 10.8 Å². The fourth-order valence-electron chi connectivity index (χ4n) is 4.18. The predicted octanol–water partition coefficient (Wildman–Crippen LogP) is 2.62. The molecule has 0 saturated carbocycles. The van der Waals surface area contributed by atoms with E-state index in [9.17, 15) is 9.90 Å². The molecular formula is C21H24N4O4. The van der Waals surface area contributed by atoms with Crippen molar-refractivity contribution in [2.45, 2.75) is 44.7 Å². The van der Waals surface area contributed by atoms with Crippen LogP contribution in [0, 0.1) is 5.92 Å². The van der Waals surface area contributed by atoms with Gasteiger partial charge in [-0.05, 0) is 24.1 Å². The van der Waals surface area contributed by atoms with Gasteiger partial charge in [0.2, 0.25) is 5.60 Å². The van der Waals surface area contributed by atoms with Crippen LogP contribution in [0.1, 0.15) is 31.5 Å². The van der Waals surface area contributed by atoms with Crippen molar-refractivity contribution in [3.05, 3.63) is 60.0 Å². The summed E-state index contributed by atoms with van der Waals surface area (Å²) < 4.78 is 13.9. The first-order valence-electron chi connectivity index (χ1n) is 9.64. The molecule has 4 rings (SSSR count). The number of anilines is 1. The van der Waals surface area contributed by atoms with E-state index in [0.29, 0.717) is 17.6 Å². The molecular weight excluding hydrogens is 372 g/mol. The van der Waals surface area contributed by atoms with Gasteiger partial charge >= 0.3 is 5.97 Å². The average molecular weight is 396 g/mol. The molecule has 3 aromatic rings. The van der Waals surface area contributed by atoms with Crippen LogP contribution >= 0.6 is 0 Å². The average Bonchev–Trinajstić information content (AvgIpc) is 3.28. The zero-order valence-electron chi connectivity index (χ0n) is 16.4. The van der Waals surface area contributed by atoms with Gasteiger partial charge in [0.05, 0.1) is 18.4 Å². The third kappa shape index (κ3) is 3.04. The minimum absolute atomic E-state index is 0.135. The van der Waals surface area contributed by atoms with Crippen molar-refractivity contribution in [3.63, 3.8) is 0 Å². The minimum Gasteiger partial charge on any atom is -0.479 e. The molecule has 1 fully saturated rings. The Labute approximate surface area is 168 Å². The Bertz CT molecular complexity index is 1020. The van der Waals surface area contributed by atoms with E-state index in [-0.39, 0.29) is 24.4 Å². The highest BCUT2D eigenvalue weighted by Gasteiger charge is 2.61. The highest BCUT2D eigenvalue weighted by molar-refractivity contribution is 5.82. The van der Waals surface area contributed by atoms with E-state index in [0.717, 1.165) is 5.56 Å². The number of nitrogens with two attached hydrogens (primary N) is 1. The third-order valence-corrected chi connectivity index (χ3v) is 5.66. The molecule has 152 valence electrons. The Morgan fingerprint density at radius 2 is 2.07 bits per heavy atom. The third-order valence-electron chi connectivity index (χ3n) is 5.66. The van der Waals surface area contributed by atoms with E-state index < -0.39 is 17.7 Å². The second-order valence-electron chi connectivity index (χ2n) is 7.34. The van der Waals surface area contributed by atoms with Gasteiger partial charge < -0.3 is 20.3 Å². The molecule has 1 aliphatic heterocycles. The molecule has 1 saturated heterocycles. The second kappa shape index (κ2) is 7.46. The van der Waals surface area contributed by atoms with Gasteiger partial charge in [-0.3, -0.25) is 0 Å². The summed E-state index contributed by atoms with van der Waals surface area (Å²) in [6.45, 7) is 4.22. The van der Waals surface area contributed by atoms with Crippen LogP contribution in [-0.2, 0) is 26.5 Å². The molecule has 2 aromatic heterocycles. The summed E-state index contributed by atoms with van der Waals surface area (Å²) in [6, 6.07) is 13.0. The molecule has 3 heterocycles. The number of carboxylic acids is 1. The van der Waals surface area contributed by atoms with Crippen molar-refractivity contribution < 1.29 is 19.4 Å². The second-order valence-corrected chi connectivity index (χ2v) is 7.34. The predicted molar refractivity (Wildman–Crippen MR) is 106 cm³/mol. The van der Waals surface area contributed by atoms with Crippen LogP contribution in [0.15, 0.2) is 48.8 Å². The monoisotopic (exact) mass is 396 g/mol. The van der Waals surface area contributed by atoms with Crippen LogP contribution in [0.5, 0.6) is 0 Å². The van der Waals surface area contributed by atoms with E-state index in [1.807, 2.05) is 44.2 Å². The molecule has 8 heteroatoms. The highest BCUT2D eigenvalue weighted by atomic mass is 16.6. The van der Waals surface area contributed by atoms with E-state index >= 15 is 0 Å². The van der Waals surface area contributed by atoms with Crippen LogP contribution < -0.4 is 5.73 Å². The summed E-state index contributed by atoms with van der Waals surface area (Å²) in [5.74, 6) is -0.980. The van der Waals surface area contributed by atoms with Gasteiger partial charge in [-0.25, -0.2) is 14.3 Å². The van der Waals surface area contributed by atoms with Crippen LogP contribution in [0.25, 0.3) is 5.52 Å². The Kier molecular flexibility index (Phi) is 4.97. The first kappa shape index (κ1) is 19.4. The number of carbonyl (C=O) groups is 1. The lowest BCUT2D eigenvalue weighted by molar-refractivity contribution is -0.181. The fraction of sp³-hybridized carbons (Fsp3) is 0.381. The highest BCUT2D eigenvalue weighted by Crippen LogP contribution is 2.46. The summed E-state index contributed by atoms with van der Waals surface area (Å²) in [5, 5.41) is 14.6. The Balaban J connectivity index is 1.81. The maximum Gasteiger partial charge on any atom is 0.345 e. The molecule has 0 amide bonds. The number of nitrogens with zero attached hydrogens (tertiary/aromatic N) is 3. The quantitative estimate of drug-likeness (QED) is 0.659. The van der Waals surface area contributed by atoms with Gasteiger partial charge in [-0.1, -0.05) is 44.2 Å². The van der Waals surface area contributed by atoms with Crippen molar-refractivity contribution >= 4 is 17.3 Å². The number of hydrogen-bond acceptors (Lipinski definition) is 6. The molecule has 0 aliphatic carbocycles. The molecule has 3 N–H and O–H groups in total. The zero-order valence-corrected chi connectivity index (χ0v) is 16.4. The number of ether oxygens (including phenoxy) is 2. The van der Waals surface area contributed by atoms with Gasteiger partial charge in [-0.2, -0.15) is 5.10 Å². The maximum atomic E-state index is 12.7. The Morgan fingerprint density at radius 1 is 1.31 bits per heavy atom. The van der Waals surface area contributed by atoms with Crippen molar-refractivity contribution in [2.75, 3.05) is 5.73 Å². The lowest BCUT2D eigenvalue weighted by Crippen LogP contribution is -2.48. The largest absolute Gasteiger partial charge is 0.479 e. The number of benzene rings is 1. The zero-order chi connectivity index (χ0) is 20.6. The molecule has 0 spiro atoms. The van der Waals surface area contributed by atoms with E-state index in [2.05, 4.69) is 10.1 Å². The first-order valence-corrected chi connectivity index (χ1v) is 9.64. The van der Waals surface area contributed by atoms with Crippen LogP contribution in [0.3, 0.4) is 0 Å². The van der Waals surface area contributed by atoms with Crippen molar-refractivity contribution in [1.29, 1.82) is 0 Å². The molecule has 8 nitrogen and oxygen atoms in total. The number of hydrogen-bond donors (Lipinski definition) is 2. The van der Waals surface area contributed by atoms with Crippen molar-refractivity contribution in [1.82, 2.24) is 14.6 Å². The summed E-state index contributed by atoms with van der Waals surface area (Å²) in [6.07, 6.45) is 0.995. The number of aromatic nitrogens is 3. The normalized spacial score (nSPS) is 26.8. The van der Waals surface area contributed by atoms with Crippen LogP contribution in [0.2, 0.25) is 0 Å². The SMILES string of the molecule is CC[C@H]1O[C@@](C(=O)O)(c2ccc3c(N)ncnn23)[C@@H](OCc2ccccc2)C1C. The fourth-order valence-corrected chi connectivity index (χ4v) is 4.18. The lowest BCUT2D eigenvalue weighted by atomic mass is 9.86. The molecule has 0 bridgehead atoms. The lowest BCUT2D eigenvalue weighted by Gasteiger charge is -2.31. The molecule has 1 aromatic carbocycles. The summed E-state index contributed by atoms with van der Waals surface area (Å²) in [5.41, 5.74) is 6.10. The minimum atomic E-state index is -1.71. The van der Waals surface area contributed by atoms with Gasteiger partial charge in [0.1, 0.15) is 17.9 Å².